The first-order chi connectivity index (χ1) is 27.4. The van der Waals surface area contributed by atoms with Gasteiger partial charge in [-0.05, 0) is 64.1 Å². The molecule has 6 aromatic carbocycles. The molecule has 0 N–H and O–H groups in total. The molecule has 0 aliphatic carbocycles. The van der Waals surface area contributed by atoms with Crippen LogP contribution in [0.4, 0.5) is 0 Å². The Labute approximate surface area is 326 Å². The monoisotopic (exact) mass is 725 g/mol. The molecule has 270 valence electrons. The SMILES string of the molecule is C/C=C(/C)C(C)(C)n1c2ccc(-c3nc(-c4ccccc4)nc(-c4ccccc4)n3)cc2c2cc(-c3nc(-c4ccccc4)nc(-c4ccccc4)n3)ccc21. The van der Waals surface area contributed by atoms with Crippen molar-refractivity contribution >= 4 is 21.8 Å². The number of hydrogen-bond donors (Lipinski definition) is 0. The van der Waals surface area contributed by atoms with E-state index >= 15 is 0 Å². The summed E-state index contributed by atoms with van der Waals surface area (Å²) < 4.78 is 2.44. The molecule has 56 heavy (non-hydrogen) atoms. The third-order valence-corrected chi connectivity index (χ3v) is 10.6. The predicted octanol–water partition coefficient (Wildman–Crippen LogP) is 11.9. The van der Waals surface area contributed by atoms with Crippen molar-refractivity contribution in [3.63, 3.8) is 0 Å². The maximum Gasteiger partial charge on any atom is 0.164 e. The van der Waals surface area contributed by atoms with Crippen LogP contribution in [0.2, 0.25) is 0 Å². The fourth-order valence-electron chi connectivity index (χ4n) is 7.31. The predicted molar refractivity (Wildman–Crippen MR) is 228 cm³/mol. The minimum Gasteiger partial charge on any atom is -0.331 e. The van der Waals surface area contributed by atoms with Crippen LogP contribution in [0.15, 0.2) is 169 Å². The van der Waals surface area contributed by atoms with Crippen molar-refractivity contribution in [1.29, 1.82) is 0 Å². The second-order valence-electron chi connectivity index (χ2n) is 14.4. The molecule has 0 saturated carbocycles. The quantitative estimate of drug-likeness (QED) is 0.145. The summed E-state index contributed by atoms with van der Waals surface area (Å²) in [7, 11) is 0. The van der Waals surface area contributed by atoms with E-state index in [0.717, 1.165) is 55.2 Å². The fourth-order valence-corrected chi connectivity index (χ4v) is 7.31. The lowest BCUT2D eigenvalue weighted by Gasteiger charge is -2.30. The summed E-state index contributed by atoms with van der Waals surface area (Å²) in [6.45, 7) is 8.85. The van der Waals surface area contributed by atoms with Gasteiger partial charge in [-0.1, -0.05) is 133 Å². The molecule has 0 bridgehead atoms. The van der Waals surface area contributed by atoms with E-state index in [1.165, 1.54) is 5.57 Å². The average Bonchev–Trinajstić information content (AvgIpc) is 3.61. The van der Waals surface area contributed by atoms with E-state index in [4.69, 9.17) is 29.9 Å². The first kappa shape index (κ1) is 34.6. The van der Waals surface area contributed by atoms with E-state index < -0.39 is 0 Å². The van der Waals surface area contributed by atoms with Crippen LogP contribution < -0.4 is 0 Å². The summed E-state index contributed by atoms with van der Waals surface area (Å²) in [5.74, 6) is 3.73. The van der Waals surface area contributed by atoms with Gasteiger partial charge < -0.3 is 4.57 Å². The van der Waals surface area contributed by atoms with E-state index in [1.807, 2.05) is 121 Å². The Bertz CT molecular complexity index is 2580. The minimum atomic E-state index is -0.319. The highest BCUT2D eigenvalue weighted by atomic mass is 15.1. The van der Waals surface area contributed by atoms with Crippen LogP contribution in [-0.2, 0) is 5.54 Å². The Morgan fingerprint density at radius 1 is 0.411 bits per heavy atom. The molecule has 7 heteroatoms. The van der Waals surface area contributed by atoms with Gasteiger partial charge in [0.05, 0.1) is 5.54 Å². The third kappa shape index (κ3) is 6.33. The summed E-state index contributed by atoms with van der Waals surface area (Å²) >= 11 is 0. The van der Waals surface area contributed by atoms with Crippen LogP contribution >= 0.6 is 0 Å². The van der Waals surface area contributed by atoms with Gasteiger partial charge in [0.15, 0.2) is 34.9 Å². The summed E-state index contributed by atoms with van der Waals surface area (Å²) in [5, 5.41) is 2.17. The molecule has 3 aromatic heterocycles. The number of aromatic nitrogens is 7. The van der Waals surface area contributed by atoms with Gasteiger partial charge in [-0.15, -0.1) is 0 Å². The van der Waals surface area contributed by atoms with Crippen LogP contribution in [0.5, 0.6) is 0 Å². The van der Waals surface area contributed by atoms with Crippen LogP contribution in [-0.4, -0.2) is 34.5 Å². The van der Waals surface area contributed by atoms with E-state index in [0.29, 0.717) is 34.9 Å². The molecule has 0 aliphatic rings. The Morgan fingerprint density at radius 3 is 0.982 bits per heavy atom. The highest BCUT2D eigenvalue weighted by Crippen LogP contribution is 2.40. The number of allylic oxidation sites excluding steroid dienone is 2. The van der Waals surface area contributed by atoms with Crippen molar-refractivity contribution in [1.82, 2.24) is 34.5 Å². The second kappa shape index (κ2) is 14.3. The zero-order chi connectivity index (χ0) is 38.2. The van der Waals surface area contributed by atoms with Gasteiger partial charge in [0, 0.05) is 55.2 Å². The lowest BCUT2D eigenvalue weighted by molar-refractivity contribution is 0.452. The summed E-state index contributed by atoms with van der Waals surface area (Å²) in [4.78, 5) is 30.1. The molecular formula is C49H39N7. The van der Waals surface area contributed by atoms with Gasteiger partial charge in [-0.3, -0.25) is 0 Å². The Balaban J connectivity index is 1.28. The molecule has 0 aliphatic heterocycles. The van der Waals surface area contributed by atoms with Crippen LogP contribution in [0.3, 0.4) is 0 Å². The van der Waals surface area contributed by atoms with Crippen LogP contribution in [0.25, 0.3) is 90.1 Å². The van der Waals surface area contributed by atoms with Crippen molar-refractivity contribution in [2.24, 2.45) is 0 Å². The molecular weight excluding hydrogens is 687 g/mol. The third-order valence-electron chi connectivity index (χ3n) is 10.6. The molecule has 0 fully saturated rings. The minimum absolute atomic E-state index is 0.319. The lowest BCUT2D eigenvalue weighted by atomic mass is 9.94. The molecule has 9 rings (SSSR count). The zero-order valence-corrected chi connectivity index (χ0v) is 31.7. The van der Waals surface area contributed by atoms with Crippen LogP contribution in [0.1, 0.15) is 27.7 Å². The summed E-state index contributed by atoms with van der Waals surface area (Å²) in [5.41, 5.74) is 8.69. The number of hydrogen-bond acceptors (Lipinski definition) is 6. The van der Waals surface area contributed by atoms with Gasteiger partial charge in [0.2, 0.25) is 0 Å². The van der Waals surface area contributed by atoms with Gasteiger partial charge in [-0.25, -0.2) is 29.9 Å². The largest absolute Gasteiger partial charge is 0.331 e. The molecule has 0 unspecified atom stereocenters. The first-order valence-electron chi connectivity index (χ1n) is 18.8. The van der Waals surface area contributed by atoms with E-state index in [1.54, 1.807) is 0 Å². The van der Waals surface area contributed by atoms with Crippen molar-refractivity contribution < 1.29 is 0 Å². The Morgan fingerprint density at radius 2 is 0.696 bits per heavy atom. The maximum atomic E-state index is 5.06. The van der Waals surface area contributed by atoms with E-state index in [2.05, 4.69) is 74.7 Å². The zero-order valence-electron chi connectivity index (χ0n) is 31.7. The number of nitrogens with zero attached hydrogens (tertiary/aromatic N) is 7. The molecule has 9 aromatic rings. The summed E-state index contributed by atoms with van der Waals surface area (Å²) in [6.07, 6.45) is 2.20. The highest BCUT2D eigenvalue weighted by molar-refractivity contribution is 6.10. The molecule has 3 heterocycles. The summed E-state index contributed by atoms with van der Waals surface area (Å²) in [6, 6.07) is 53.4. The van der Waals surface area contributed by atoms with Gasteiger partial charge in [0.1, 0.15) is 0 Å². The van der Waals surface area contributed by atoms with E-state index in [-0.39, 0.29) is 5.54 Å². The van der Waals surface area contributed by atoms with Crippen LogP contribution in [0, 0.1) is 0 Å². The average molecular weight is 726 g/mol. The maximum absolute atomic E-state index is 5.06. The highest BCUT2D eigenvalue weighted by Gasteiger charge is 2.27. The standard InChI is InChI=1S/C49H39N7/c1-5-32(2)49(3,4)56-41-28-26-37(47-52-43(33-18-10-6-11-19-33)50-44(53-47)34-20-12-7-13-21-34)30-39(41)40-31-38(27-29-42(40)56)48-54-45(35-22-14-8-15-23-35)51-46(55-48)36-24-16-9-17-25-36/h5-31H,1-4H3/b32-5-. The van der Waals surface area contributed by atoms with Gasteiger partial charge >= 0.3 is 0 Å². The van der Waals surface area contributed by atoms with Crippen molar-refractivity contribution in [2.45, 2.75) is 33.2 Å². The molecule has 0 radical (unpaired) electrons. The smallest absolute Gasteiger partial charge is 0.164 e. The number of benzene rings is 6. The van der Waals surface area contributed by atoms with Crippen molar-refractivity contribution in [3.8, 4) is 68.3 Å². The van der Waals surface area contributed by atoms with Gasteiger partial charge in [0.25, 0.3) is 0 Å². The molecule has 0 atom stereocenters. The van der Waals surface area contributed by atoms with Gasteiger partial charge in [-0.2, -0.15) is 0 Å². The van der Waals surface area contributed by atoms with E-state index in [9.17, 15) is 0 Å². The van der Waals surface area contributed by atoms with Crippen molar-refractivity contribution in [3.05, 3.63) is 169 Å². The first-order valence-corrected chi connectivity index (χ1v) is 18.8. The lowest BCUT2D eigenvalue weighted by Crippen LogP contribution is -2.27. The van der Waals surface area contributed by atoms with Crippen molar-refractivity contribution in [2.75, 3.05) is 0 Å². The number of rotatable bonds is 8. The Kier molecular flexibility index (Phi) is 8.82. The normalized spacial score (nSPS) is 12.0. The topological polar surface area (TPSA) is 82.3 Å². The Hall–Kier alpha value is -7.12. The molecule has 0 saturated heterocycles. The molecule has 0 amide bonds. The second-order valence-corrected chi connectivity index (χ2v) is 14.4. The molecule has 0 spiro atoms. The molecule has 7 nitrogen and oxygen atoms in total. The number of fused-ring (bicyclic) bond motifs is 3. The fraction of sp³-hybridized carbons (Fsp3) is 0.102.